The van der Waals surface area contributed by atoms with Crippen molar-refractivity contribution < 1.29 is 13.2 Å². The molecule has 0 unspecified atom stereocenters. The molecule has 182 valence electrons. The van der Waals surface area contributed by atoms with E-state index in [0.717, 1.165) is 6.07 Å². The Kier molecular flexibility index (Phi) is 5.47. The van der Waals surface area contributed by atoms with Crippen LogP contribution in [0.1, 0.15) is 35.8 Å². The number of anilines is 3. The third-order valence-corrected chi connectivity index (χ3v) is 6.11. The van der Waals surface area contributed by atoms with E-state index < -0.39 is 28.7 Å². The second-order valence-corrected chi connectivity index (χ2v) is 8.27. The molecule has 0 saturated carbocycles. The maximum absolute atomic E-state index is 13.8. The standard InChI is InChI=1S/C24H19F3N8O/c25-24(26,27)15-8-4-9-16-18(15)22(36)35(13-6-2-1-3-7-13)21(31-16)17-10-5-11-34(17)20-14(12-28)19(29)32-23(30)33-20/h1-4,6-9,17H,5,10-11H2,(H4,29,30,32,33)/t17-/m0/s1. The largest absolute Gasteiger partial charge is 0.417 e. The summed E-state index contributed by atoms with van der Waals surface area (Å²) in [6.45, 7) is 0.431. The summed E-state index contributed by atoms with van der Waals surface area (Å²) in [4.78, 5) is 28.1. The summed E-state index contributed by atoms with van der Waals surface area (Å²) < 4.78 is 42.7. The number of halogens is 3. The Bertz CT molecular complexity index is 1580. The molecule has 2 aromatic carbocycles. The van der Waals surface area contributed by atoms with E-state index in [9.17, 15) is 23.2 Å². The monoisotopic (exact) mass is 492 g/mol. The van der Waals surface area contributed by atoms with Crippen LogP contribution >= 0.6 is 0 Å². The fourth-order valence-corrected chi connectivity index (χ4v) is 4.62. The molecular weight excluding hydrogens is 473 g/mol. The molecule has 1 fully saturated rings. The number of benzene rings is 2. The minimum atomic E-state index is -4.74. The zero-order valence-corrected chi connectivity index (χ0v) is 18.7. The molecule has 2 aromatic heterocycles. The second-order valence-electron chi connectivity index (χ2n) is 8.27. The van der Waals surface area contributed by atoms with E-state index in [-0.39, 0.29) is 34.5 Å². The molecule has 0 aliphatic carbocycles. The lowest BCUT2D eigenvalue weighted by Crippen LogP contribution is -2.33. The van der Waals surface area contributed by atoms with Gasteiger partial charge in [0.25, 0.3) is 5.56 Å². The highest BCUT2D eigenvalue weighted by Gasteiger charge is 2.37. The third-order valence-electron chi connectivity index (χ3n) is 6.11. The fourth-order valence-electron chi connectivity index (χ4n) is 4.62. The quantitative estimate of drug-likeness (QED) is 0.442. The van der Waals surface area contributed by atoms with Crippen LogP contribution in [-0.4, -0.2) is 26.1 Å². The van der Waals surface area contributed by atoms with Crippen LogP contribution in [0.3, 0.4) is 0 Å². The van der Waals surface area contributed by atoms with Gasteiger partial charge in [0.2, 0.25) is 5.95 Å². The van der Waals surface area contributed by atoms with Crippen LogP contribution in [-0.2, 0) is 6.18 Å². The predicted molar refractivity (Wildman–Crippen MR) is 127 cm³/mol. The van der Waals surface area contributed by atoms with Gasteiger partial charge in [-0.25, -0.2) is 4.98 Å². The van der Waals surface area contributed by atoms with Crippen molar-refractivity contribution in [3.63, 3.8) is 0 Å². The number of hydrogen-bond donors (Lipinski definition) is 2. The molecule has 0 spiro atoms. The first-order valence-corrected chi connectivity index (χ1v) is 11.0. The van der Waals surface area contributed by atoms with E-state index >= 15 is 0 Å². The van der Waals surface area contributed by atoms with Crippen molar-refractivity contribution in [1.29, 1.82) is 5.26 Å². The van der Waals surface area contributed by atoms with Crippen molar-refractivity contribution in [2.24, 2.45) is 0 Å². The molecule has 5 rings (SSSR count). The molecule has 1 atom stereocenters. The lowest BCUT2D eigenvalue weighted by molar-refractivity contribution is -0.136. The summed E-state index contributed by atoms with van der Waals surface area (Å²) in [5, 5.41) is 9.16. The van der Waals surface area contributed by atoms with Crippen molar-refractivity contribution in [1.82, 2.24) is 19.5 Å². The zero-order chi connectivity index (χ0) is 25.6. The van der Waals surface area contributed by atoms with Gasteiger partial charge in [-0.15, -0.1) is 0 Å². The van der Waals surface area contributed by atoms with E-state index in [0.29, 0.717) is 25.1 Å². The second kappa shape index (κ2) is 8.53. The Morgan fingerprint density at radius 3 is 2.47 bits per heavy atom. The Morgan fingerprint density at radius 1 is 1.03 bits per heavy atom. The fraction of sp³-hybridized carbons (Fsp3) is 0.208. The third kappa shape index (κ3) is 3.74. The molecule has 12 heteroatoms. The van der Waals surface area contributed by atoms with Gasteiger partial charge in [0, 0.05) is 6.54 Å². The average molecular weight is 492 g/mol. The van der Waals surface area contributed by atoms with Gasteiger partial charge in [0.05, 0.1) is 28.2 Å². The van der Waals surface area contributed by atoms with E-state index in [1.54, 1.807) is 35.2 Å². The van der Waals surface area contributed by atoms with Crippen LogP contribution < -0.4 is 21.9 Å². The van der Waals surface area contributed by atoms with Gasteiger partial charge < -0.3 is 16.4 Å². The number of fused-ring (bicyclic) bond motifs is 1. The van der Waals surface area contributed by atoms with E-state index in [4.69, 9.17) is 11.5 Å². The van der Waals surface area contributed by atoms with Crippen molar-refractivity contribution in [2.45, 2.75) is 25.1 Å². The van der Waals surface area contributed by atoms with Crippen molar-refractivity contribution >= 4 is 28.5 Å². The number of nitrogens with two attached hydrogens (primary N) is 2. The van der Waals surface area contributed by atoms with E-state index in [2.05, 4.69) is 15.0 Å². The molecule has 1 saturated heterocycles. The first-order chi connectivity index (χ1) is 17.2. The van der Waals surface area contributed by atoms with Gasteiger partial charge in [-0.2, -0.15) is 28.4 Å². The van der Waals surface area contributed by atoms with Crippen LogP contribution in [0.4, 0.5) is 30.8 Å². The lowest BCUT2D eigenvalue weighted by Gasteiger charge is -2.28. The molecule has 1 aliphatic heterocycles. The lowest BCUT2D eigenvalue weighted by atomic mass is 10.1. The zero-order valence-electron chi connectivity index (χ0n) is 18.7. The highest BCUT2D eigenvalue weighted by Crippen LogP contribution is 2.39. The van der Waals surface area contributed by atoms with Gasteiger partial charge in [0.15, 0.2) is 5.82 Å². The number of alkyl halides is 3. The van der Waals surface area contributed by atoms with Crippen LogP contribution in [0, 0.1) is 11.3 Å². The Hall–Kier alpha value is -4.66. The number of nitrogens with zero attached hydrogens (tertiary/aromatic N) is 6. The number of aromatic nitrogens is 4. The molecule has 0 bridgehead atoms. The van der Waals surface area contributed by atoms with Crippen LogP contribution in [0.15, 0.2) is 53.3 Å². The van der Waals surface area contributed by atoms with Gasteiger partial charge in [-0.05, 0) is 37.1 Å². The number of para-hydroxylation sites is 1. The molecular formula is C24H19F3N8O. The molecule has 0 radical (unpaired) electrons. The van der Waals surface area contributed by atoms with Gasteiger partial charge in [-0.3, -0.25) is 9.36 Å². The van der Waals surface area contributed by atoms with E-state index in [1.165, 1.54) is 16.7 Å². The molecule has 9 nitrogen and oxygen atoms in total. The molecule has 4 N–H and O–H groups in total. The minimum Gasteiger partial charge on any atom is -0.382 e. The predicted octanol–water partition coefficient (Wildman–Crippen LogP) is 3.57. The Balaban J connectivity index is 1.81. The number of nitriles is 1. The molecule has 4 aromatic rings. The Labute approximate surface area is 202 Å². The Morgan fingerprint density at radius 2 is 1.78 bits per heavy atom. The highest BCUT2D eigenvalue weighted by molar-refractivity contribution is 5.82. The summed E-state index contributed by atoms with van der Waals surface area (Å²) in [5.74, 6) is 0.180. The summed E-state index contributed by atoms with van der Waals surface area (Å²) >= 11 is 0. The normalized spacial score (nSPS) is 15.8. The summed E-state index contributed by atoms with van der Waals surface area (Å²) in [5.41, 5.74) is 10.1. The molecule has 3 heterocycles. The molecule has 0 amide bonds. The smallest absolute Gasteiger partial charge is 0.382 e. The topological polar surface area (TPSA) is 140 Å². The van der Waals surface area contributed by atoms with Crippen LogP contribution in [0.2, 0.25) is 0 Å². The summed E-state index contributed by atoms with van der Waals surface area (Å²) in [7, 11) is 0. The number of hydrogen-bond acceptors (Lipinski definition) is 8. The van der Waals surface area contributed by atoms with Crippen molar-refractivity contribution in [3.8, 4) is 11.8 Å². The molecule has 36 heavy (non-hydrogen) atoms. The van der Waals surface area contributed by atoms with Crippen LogP contribution in [0.25, 0.3) is 16.6 Å². The maximum Gasteiger partial charge on any atom is 0.417 e. The van der Waals surface area contributed by atoms with Crippen molar-refractivity contribution in [3.05, 3.63) is 75.8 Å². The first kappa shape index (κ1) is 23.1. The maximum atomic E-state index is 13.8. The first-order valence-electron chi connectivity index (χ1n) is 11.0. The van der Waals surface area contributed by atoms with Gasteiger partial charge in [-0.1, -0.05) is 24.3 Å². The number of rotatable bonds is 3. The van der Waals surface area contributed by atoms with Crippen LogP contribution in [0.5, 0.6) is 0 Å². The van der Waals surface area contributed by atoms with Gasteiger partial charge >= 0.3 is 6.18 Å². The van der Waals surface area contributed by atoms with E-state index in [1.807, 2.05) is 6.07 Å². The summed E-state index contributed by atoms with van der Waals surface area (Å²) in [6, 6.07) is 13.2. The highest BCUT2D eigenvalue weighted by atomic mass is 19.4. The van der Waals surface area contributed by atoms with Gasteiger partial charge in [0.1, 0.15) is 23.3 Å². The number of nitrogen functional groups attached to an aromatic ring is 2. The minimum absolute atomic E-state index is 0.0184. The summed E-state index contributed by atoms with van der Waals surface area (Å²) in [6.07, 6.45) is -3.60. The van der Waals surface area contributed by atoms with Crippen molar-refractivity contribution in [2.75, 3.05) is 22.9 Å². The average Bonchev–Trinajstić information content (AvgIpc) is 3.33. The SMILES string of the molecule is N#Cc1c(N)nc(N)nc1N1CCC[C@H]1c1nc2cccc(C(F)(F)F)c2c(=O)n1-c1ccccc1. The molecule has 1 aliphatic rings.